The van der Waals surface area contributed by atoms with Gasteiger partial charge in [0.15, 0.2) is 5.96 Å². The third-order valence-electron chi connectivity index (χ3n) is 3.50. The fourth-order valence-corrected chi connectivity index (χ4v) is 2.02. The molecule has 1 aromatic rings. The summed E-state index contributed by atoms with van der Waals surface area (Å²) in [4.78, 5) is 4.64. The van der Waals surface area contributed by atoms with Crippen molar-refractivity contribution in [1.82, 2.24) is 10.6 Å². The van der Waals surface area contributed by atoms with E-state index in [-0.39, 0.29) is 11.2 Å². The van der Waals surface area contributed by atoms with Gasteiger partial charge in [0.25, 0.3) is 0 Å². The van der Waals surface area contributed by atoms with Gasteiger partial charge < -0.3 is 10.6 Å². The molecule has 0 spiro atoms. The van der Waals surface area contributed by atoms with Crippen molar-refractivity contribution in [3.05, 3.63) is 35.6 Å². The van der Waals surface area contributed by atoms with Crippen molar-refractivity contribution in [2.75, 3.05) is 13.1 Å². The van der Waals surface area contributed by atoms with E-state index in [0.29, 0.717) is 12.6 Å². The quantitative estimate of drug-likeness (QED) is 0.641. The number of hydrogen-bond donors (Lipinski definition) is 2. The lowest BCUT2D eigenvalue weighted by molar-refractivity contribution is 0.529. The Morgan fingerprint density at radius 2 is 2.15 bits per heavy atom. The number of hydrogen-bond acceptors (Lipinski definition) is 1. The Bertz CT molecular complexity index is 478. The Hall–Kier alpha value is -1.58. The first-order chi connectivity index (χ1) is 9.51. The summed E-state index contributed by atoms with van der Waals surface area (Å²) in [6, 6.07) is 7.35. The Morgan fingerprint density at radius 1 is 1.40 bits per heavy atom. The van der Waals surface area contributed by atoms with Gasteiger partial charge >= 0.3 is 0 Å². The van der Waals surface area contributed by atoms with Crippen molar-refractivity contribution >= 4 is 5.96 Å². The number of halogens is 1. The fraction of sp³-hybridized carbons (Fsp3) is 0.562. The highest BCUT2D eigenvalue weighted by atomic mass is 19.1. The van der Waals surface area contributed by atoms with E-state index in [1.54, 1.807) is 12.1 Å². The van der Waals surface area contributed by atoms with Crippen LogP contribution in [-0.4, -0.2) is 25.1 Å². The van der Waals surface area contributed by atoms with E-state index < -0.39 is 0 Å². The second kappa shape index (κ2) is 6.25. The largest absolute Gasteiger partial charge is 0.357 e. The molecule has 1 aliphatic rings. The summed E-state index contributed by atoms with van der Waals surface area (Å²) in [5.41, 5.74) is 0.789. The van der Waals surface area contributed by atoms with Crippen LogP contribution < -0.4 is 10.6 Å². The van der Waals surface area contributed by atoms with E-state index >= 15 is 0 Å². The van der Waals surface area contributed by atoms with Gasteiger partial charge in [-0.2, -0.15) is 0 Å². The van der Waals surface area contributed by atoms with Gasteiger partial charge in [-0.1, -0.05) is 26.0 Å². The molecule has 0 bridgehead atoms. The number of aliphatic imine (C=N–C) groups is 1. The minimum absolute atomic E-state index is 0.187. The maximum absolute atomic E-state index is 13.3. The lowest BCUT2D eigenvalue weighted by atomic mass is 9.85. The molecule has 20 heavy (non-hydrogen) atoms. The molecule has 1 aliphatic carbocycles. The normalized spacial score (nSPS) is 16.1. The standard InChI is InChI=1S/C16H24FN3/c1-4-18-15(20-14-8-9-14)19-11-16(2,3)12-6-5-7-13(17)10-12/h5-7,10,14H,4,8-9,11H2,1-3H3,(H2,18,19,20). The zero-order valence-corrected chi connectivity index (χ0v) is 12.5. The monoisotopic (exact) mass is 277 g/mol. The first-order valence-corrected chi connectivity index (χ1v) is 7.32. The van der Waals surface area contributed by atoms with Gasteiger partial charge in [-0.3, -0.25) is 4.99 Å². The number of benzene rings is 1. The van der Waals surface area contributed by atoms with Gasteiger partial charge in [0.05, 0.1) is 6.54 Å². The smallest absolute Gasteiger partial charge is 0.191 e. The summed E-state index contributed by atoms with van der Waals surface area (Å²) in [6.07, 6.45) is 2.44. The maximum Gasteiger partial charge on any atom is 0.191 e. The maximum atomic E-state index is 13.3. The molecule has 1 fully saturated rings. The second-order valence-electron chi connectivity index (χ2n) is 6.01. The van der Waals surface area contributed by atoms with Gasteiger partial charge in [0, 0.05) is 18.0 Å². The van der Waals surface area contributed by atoms with Crippen LogP contribution in [0.1, 0.15) is 39.2 Å². The summed E-state index contributed by atoms with van der Waals surface area (Å²) in [7, 11) is 0. The summed E-state index contributed by atoms with van der Waals surface area (Å²) in [6.45, 7) is 7.71. The molecular formula is C16H24FN3. The van der Waals surface area contributed by atoms with Gasteiger partial charge in [-0.15, -0.1) is 0 Å². The van der Waals surface area contributed by atoms with Crippen molar-refractivity contribution in [3.63, 3.8) is 0 Å². The van der Waals surface area contributed by atoms with Crippen LogP contribution in [0.25, 0.3) is 0 Å². The Labute approximate surface area is 120 Å². The molecule has 0 unspecified atom stereocenters. The molecule has 1 saturated carbocycles. The molecule has 3 nitrogen and oxygen atoms in total. The lowest BCUT2D eigenvalue weighted by Crippen LogP contribution is -2.39. The van der Waals surface area contributed by atoms with Crippen LogP contribution in [0.3, 0.4) is 0 Å². The molecule has 0 aromatic heterocycles. The van der Waals surface area contributed by atoms with Crippen molar-refractivity contribution in [2.24, 2.45) is 4.99 Å². The molecule has 0 amide bonds. The topological polar surface area (TPSA) is 36.4 Å². The zero-order chi connectivity index (χ0) is 14.6. The van der Waals surface area contributed by atoms with Gasteiger partial charge in [0.1, 0.15) is 5.82 Å². The highest BCUT2D eigenvalue weighted by molar-refractivity contribution is 5.80. The number of rotatable bonds is 5. The Balaban J connectivity index is 2.05. The van der Waals surface area contributed by atoms with Crippen LogP contribution in [0.2, 0.25) is 0 Å². The average Bonchev–Trinajstić information content (AvgIpc) is 3.20. The molecular weight excluding hydrogens is 253 g/mol. The van der Waals surface area contributed by atoms with E-state index in [9.17, 15) is 4.39 Å². The van der Waals surface area contributed by atoms with Crippen LogP contribution >= 0.6 is 0 Å². The van der Waals surface area contributed by atoms with Crippen LogP contribution in [0.4, 0.5) is 4.39 Å². The van der Waals surface area contributed by atoms with E-state index in [4.69, 9.17) is 0 Å². The molecule has 0 atom stereocenters. The number of guanidine groups is 1. The summed E-state index contributed by atoms with van der Waals surface area (Å²) < 4.78 is 13.3. The van der Waals surface area contributed by atoms with Crippen LogP contribution in [0, 0.1) is 5.82 Å². The highest BCUT2D eigenvalue weighted by Gasteiger charge is 2.24. The molecule has 0 saturated heterocycles. The Kier molecular flexibility index (Phi) is 4.63. The molecule has 4 heteroatoms. The van der Waals surface area contributed by atoms with Gasteiger partial charge in [-0.25, -0.2) is 4.39 Å². The third-order valence-corrected chi connectivity index (χ3v) is 3.50. The molecule has 110 valence electrons. The molecule has 0 aliphatic heterocycles. The van der Waals surface area contributed by atoms with Gasteiger partial charge in [0.2, 0.25) is 0 Å². The lowest BCUT2D eigenvalue weighted by Gasteiger charge is -2.24. The molecule has 2 rings (SSSR count). The second-order valence-corrected chi connectivity index (χ2v) is 6.01. The predicted molar refractivity (Wildman–Crippen MR) is 81.6 cm³/mol. The van der Waals surface area contributed by atoms with Crippen molar-refractivity contribution < 1.29 is 4.39 Å². The number of nitrogens with one attached hydrogen (secondary N) is 2. The summed E-state index contributed by atoms with van der Waals surface area (Å²) in [5, 5.41) is 6.65. The molecule has 0 radical (unpaired) electrons. The highest BCUT2D eigenvalue weighted by Crippen LogP contribution is 2.24. The predicted octanol–water partition coefficient (Wildman–Crippen LogP) is 2.82. The fourth-order valence-electron chi connectivity index (χ4n) is 2.02. The van der Waals surface area contributed by atoms with Crippen molar-refractivity contribution in [3.8, 4) is 0 Å². The van der Waals surface area contributed by atoms with E-state index in [1.807, 2.05) is 6.07 Å². The van der Waals surface area contributed by atoms with E-state index in [0.717, 1.165) is 18.1 Å². The van der Waals surface area contributed by atoms with Crippen LogP contribution in [-0.2, 0) is 5.41 Å². The van der Waals surface area contributed by atoms with Gasteiger partial charge in [-0.05, 0) is 37.5 Å². The molecule has 0 heterocycles. The van der Waals surface area contributed by atoms with Crippen LogP contribution in [0.15, 0.2) is 29.3 Å². The zero-order valence-electron chi connectivity index (χ0n) is 12.5. The average molecular weight is 277 g/mol. The van der Waals surface area contributed by atoms with Crippen molar-refractivity contribution in [2.45, 2.75) is 45.1 Å². The first kappa shape index (κ1) is 14.8. The molecule has 2 N–H and O–H groups in total. The first-order valence-electron chi connectivity index (χ1n) is 7.32. The minimum Gasteiger partial charge on any atom is -0.357 e. The van der Waals surface area contributed by atoms with Crippen LogP contribution in [0.5, 0.6) is 0 Å². The minimum atomic E-state index is -0.192. The third kappa shape index (κ3) is 4.22. The molecule has 1 aromatic carbocycles. The van der Waals surface area contributed by atoms with Crippen molar-refractivity contribution in [1.29, 1.82) is 0 Å². The SMILES string of the molecule is CCNC(=NCC(C)(C)c1cccc(F)c1)NC1CC1. The summed E-state index contributed by atoms with van der Waals surface area (Å²) >= 11 is 0. The number of nitrogens with zero attached hydrogens (tertiary/aromatic N) is 1. The van der Waals surface area contributed by atoms with E-state index in [1.165, 1.54) is 18.9 Å². The Morgan fingerprint density at radius 3 is 2.75 bits per heavy atom. The summed E-state index contributed by atoms with van der Waals surface area (Å²) in [5.74, 6) is 0.669. The van der Waals surface area contributed by atoms with E-state index in [2.05, 4.69) is 36.4 Å².